The first-order valence-corrected chi connectivity index (χ1v) is 10.3. The highest BCUT2D eigenvalue weighted by Crippen LogP contribution is 2.30. The minimum absolute atomic E-state index is 0.0429. The number of alkyl halides is 3. The summed E-state index contributed by atoms with van der Waals surface area (Å²) in [6.07, 6.45) is -4.49. The van der Waals surface area contributed by atoms with Crippen LogP contribution in [-0.4, -0.2) is 36.3 Å². The maximum atomic E-state index is 14.0. The van der Waals surface area contributed by atoms with E-state index in [9.17, 15) is 22.4 Å². The maximum absolute atomic E-state index is 14.0. The SMILES string of the molecule is O=C(Nc1ccc(-c2nn[nH]n2)cc1)c1nn(Cc2cccc(C(F)(F)F)c2)c2ccc(F)cc12. The molecule has 0 fully saturated rings. The monoisotopic (exact) mass is 481 g/mol. The Hall–Kier alpha value is -4.61. The summed E-state index contributed by atoms with van der Waals surface area (Å²) in [6, 6.07) is 15.2. The smallest absolute Gasteiger partial charge is 0.321 e. The Morgan fingerprint density at radius 1 is 1.03 bits per heavy atom. The second-order valence-electron chi connectivity index (χ2n) is 7.63. The van der Waals surface area contributed by atoms with Gasteiger partial charge < -0.3 is 5.32 Å². The van der Waals surface area contributed by atoms with Crippen LogP contribution >= 0.6 is 0 Å². The highest BCUT2D eigenvalue weighted by atomic mass is 19.4. The lowest BCUT2D eigenvalue weighted by Crippen LogP contribution is -2.14. The van der Waals surface area contributed by atoms with Crippen molar-refractivity contribution < 1.29 is 22.4 Å². The van der Waals surface area contributed by atoms with Gasteiger partial charge in [-0.15, -0.1) is 10.2 Å². The van der Waals surface area contributed by atoms with E-state index in [1.807, 2.05) is 0 Å². The molecule has 0 saturated heterocycles. The first kappa shape index (κ1) is 22.2. The van der Waals surface area contributed by atoms with Gasteiger partial charge >= 0.3 is 6.18 Å². The zero-order chi connectivity index (χ0) is 24.6. The molecule has 0 radical (unpaired) electrons. The number of amides is 1. The van der Waals surface area contributed by atoms with Crippen LogP contribution in [0.5, 0.6) is 0 Å². The van der Waals surface area contributed by atoms with Gasteiger partial charge in [0.1, 0.15) is 5.82 Å². The lowest BCUT2D eigenvalue weighted by Gasteiger charge is -2.09. The van der Waals surface area contributed by atoms with Crippen LogP contribution in [-0.2, 0) is 12.7 Å². The Morgan fingerprint density at radius 2 is 1.83 bits per heavy atom. The molecule has 5 aromatic rings. The fourth-order valence-corrected chi connectivity index (χ4v) is 3.64. The number of nitrogens with one attached hydrogen (secondary N) is 2. The van der Waals surface area contributed by atoms with Crippen LogP contribution in [0, 0.1) is 5.82 Å². The summed E-state index contributed by atoms with van der Waals surface area (Å²) < 4.78 is 54.7. The number of tetrazole rings is 1. The Labute approximate surface area is 194 Å². The number of nitrogens with zero attached hydrogens (tertiary/aromatic N) is 5. The number of carbonyl (C=O) groups excluding carboxylic acids is 1. The average molecular weight is 481 g/mol. The van der Waals surface area contributed by atoms with Crippen LogP contribution in [0.1, 0.15) is 21.6 Å². The van der Waals surface area contributed by atoms with Crippen LogP contribution in [0.15, 0.2) is 66.7 Å². The molecule has 2 aromatic heterocycles. The number of carbonyl (C=O) groups is 1. The molecule has 0 atom stereocenters. The zero-order valence-corrected chi connectivity index (χ0v) is 17.7. The molecule has 12 heteroatoms. The molecule has 0 spiro atoms. The normalized spacial score (nSPS) is 11.7. The van der Waals surface area contributed by atoms with Crippen molar-refractivity contribution >= 4 is 22.5 Å². The number of halogens is 4. The third-order valence-electron chi connectivity index (χ3n) is 5.26. The first-order chi connectivity index (χ1) is 16.8. The van der Waals surface area contributed by atoms with Crippen molar-refractivity contribution in [1.29, 1.82) is 0 Å². The third kappa shape index (κ3) is 4.58. The molecule has 176 valence electrons. The fraction of sp³-hybridized carbons (Fsp3) is 0.0870. The second kappa shape index (κ2) is 8.63. The van der Waals surface area contributed by atoms with Crippen molar-refractivity contribution in [1.82, 2.24) is 30.4 Å². The molecule has 0 saturated carbocycles. The van der Waals surface area contributed by atoms with Gasteiger partial charge in [0.25, 0.3) is 5.91 Å². The molecule has 8 nitrogen and oxygen atoms in total. The summed E-state index contributed by atoms with van der Waals surface area (Å²) >= 11 is 0. The number of rotatable bonds is 5. The quantitative estimate of drug-likeness (QED) is 0.355. The summed E-state index contributed by atoms with van der Waals surface area (Å²) in [7, 11) is 0. The Kier molecular flexibility index (Phi) is 5.47. The highest BCUT2D eigenvalue weighted by Gasteiger charge is 2.30. The Morgan fingerprint density at radius 3 is 2.54 bits per heavy atom. The number of hydrogen-bond donors (Lipinski definition) is 2. The van der Waals surface area contributed by atoms with Crippen LogP contribution in [0.2, 0.25) is 0 Å². The van der Waals surface area contributed by atoms with Gasteiger partial charge in [-0.05, 0) is 65.4 Å². The van der Waals surface area contributed by atoms with Gasteiger partial charge in [0, 0.05) is 16.6 Å². The van der Waals surface area contributed by atoms with Gasteiger partial charge in [-0.1, -0.05) is 12.1 Å². The lowest BCUT2D eigenvalue weighted by atomic mass is 10.1. The van der Waals surface area contributed by atoms with E-state index >= 15 is 0 Å². The Bertz CT molecular complexity index is 1510. The van der Waals surface area contributed by atoms with Gasteiger partial charge in [0.05, 0.1) is 17.6 Å². The number of aromatic nitrogens is 6. The average Bonchev–Trinajstić information content (AvgIpc) is 3.48. The molecule has 0 aliphatic heterocycles. The van der Waals surface area contributed by atoms with Crippen LogP contribution < -0.4 is 5.32 Å². The van der Waals surface area contributed by atoms with Crippen molar-refractivity contribution in [2.24, 2.45) is 0 Å². The minimum Gasteiger partial charge on any atom is -0.321 e. The van der Waals surface area contributed by atoms with Crippen LogP contribution in [0.3, 0.4) is 0 Å². The Balaban J connectivity index is 1.44. The minimum atomic E-state index is -4.49. The third-order valence-corrected chi connectivity index (χ3v) is 5.26. The van der Waals surface area contributed by atoms with E-state index in [4.69, 9.17) is 0 Å². The number of benzene rings is 3. The lowest BCUT2D eigenvalue weighted by molar-refractivity contribution is -0.137. The highest BCUT2D eigenvalue weighted by molar-refractivity contribution is 6.11. The molecule has 2 N–H and O–H groups in total. The molecule has 5 rings (SSSR count). The number of anilines is 1. The van der Waals surface area contributed by atoms with Gasteiger partial charge in [0.2, 0.25) is 5.82 Å². The summed E-state index contributed by atoms with van der Waals surface area (Å²) in [5.74, 6) is -0.789. The number of hydrogen-bond acceptors (Lipinski definition) is 5. The molecular weight excluding hydrogens is 466 g/mol. The van der Waals surface area contributed by atoms with Gasteiger partial charge in [-0.25, -0.2) is 4.39 Å². The van der Waals surface area contributed by atoms with Gasteiger partial charge in [0.15, 0.2) is 5.69 Å². The maximum Gasteiger partial charge on any atom is 0.416 e. The van der Waals surface area contributed by atoms with Crippen molar-refractivity contribution in [3.05, 3.63) is 89.4 Å². The van der Waals surface area contributed by atoms with E-state index in [1.165, 1.54) is 35.0 Å². The fourth-order valence-electron chi connectivity index (χ4n) is 3.64. The van der Waals surface area contributed by atoms with E-state index in [1.54, 1.807) is 24.3 Å². The topological polar surface area (TPSA) is 101 Å². The molecule has 0 unspecified atom stereocenters. The largest absolute Gasteiger partial charge is 0.416 e. The molecule has 2 heterocycles. The standard InChI is InChI=1S/C23H15F4N7O/c24-16-6-9-19-18(11-16)20(31-34(19)12-13-2-1-3-15(10-13)23(25,26)27)22(35)28-17-7-4-14(5-8-17)21-29-32-33-30-21/h1-11H,12H2,(H,28,35)(H,29,30,32,33). The summed E-state index contributed by atoms with van der Waals surface area (Å²) in [4.78, 5) is 13.0. The van der Waals surface area contributed by atoms with E-state index < -0.39 is 23.5 Å². The predicted molar refractivity (Wildman–Crippen MR) is 118 cm³/mol. The van der Waals surface area contributed by atoms with Crippen molar-refractivity contribution in [3.63, 3.8) is 0 Å². The molecule has 0 aliphatic carbocycles. The summed E-state index contributed by atoms with van der Waals surface area (Å²) in [6.45, 7) is -0.0429. The van der Waals surface area contributed by atoms with E-state index in [0.717, 1.165) is 12.1 Å². The molecular formula is C23H15F4N7O. The zero-order valence-electron chi connectivity index (χ0n) is 17.7. The van der Waals surface area contributed by atoms with Crippen molar-refractivity contribution in [3.8, 4) is 11.4 Å². The number of H-pyrrole nitrogens is 1. The van der Waals surface area contributed by atoms with Crippen LogP contribution in [0.4, 0.5) is 23.2 Å². The summed E-state index contributed by atoms with van der Waals surface area (Å²) in [5, 5.41) is 20.8. The van der Waals surface area contributed by atoms with Gasteiger partial charge in [-0.2, -0.15) is 23.5 Å². The summed E-state index contributed by atoms with van der Waals surface area (Å²) in [5.41, 5.74) is 1.00. The van der Waals surface area contributed by atoms with Crippen LogP contribution in [0.25, 0.3) is 22.3 Å². The number of aromatic amines is 1. The van der Waals surface area contributed by atoms with Crippen molar-refractivity contribution in [2.75, 3.05) is 5.32 Å². The predicted octanol–water partition coefficient (Wildman–Crippen LogP) is 4.67. The van der Waals surface area contributed by atoms with E-state index in [0.29, 0.717) is 28.2 Å². The van der Waals surface area contributed by atoms with E-state index in [-0.39, 0.29) is 17.6 Å². The molecule has 35 heavy (non-hydrogen) atoms. The van der Waals surface area contributed by atoms with Crippen molar-refractivity contribution in [2.45, 2.75) is 12.7 Å². The van der Waals surface area contributed by atoms with Gasteiger partial charge in [-0.3, -0.25) is 9.48 Å². The molecule has 0 aliphatic rings. The number of fused-ring (bicyclic) bond motifs is 1. The van der Waals surface area contributed by atoms with E-state index in [2.05, 4.69) is 31.0 Å². The first-order valence-electron chi connectivity index (χ1n) is 10.3. The molecule has 0 bridgehead atoms. The molecule has 3 aromatic carbocycles. The second-order valence-corrected chi connectivity index (χ2v) is 7.63. The molecule has 1 amide bonds.